The third-order valence-electron chi connectivity index (χ3n) is 7.22. The first kappa shape index (κ1) is 27.2. The van der Waals surface area contributed by atoms with E-state index in [2.05, 4.69) is 5.32 Å². The van der Waals surface area contributed by atoms with Gasteiger partial charge in [0.2, 0.25) is 0 Å². The number of carbonyl (C=O) groups excluding carboxylic acids is 3. The van der Waals surface area contributed by atoms with Crippen LogP contribution in [0.25, 0.3) is 0 Å². The minimum atomic E-state index is -0.770. The molecule has 0 heterocycles. The fourth-order valence-electron chi connectivity index (χ4n) is 4.91. The van der Waals surface area contributed by atoms with Crippen molar-refractivity contribution in [1.82, 2.24) is 0 Å². The number of carbonyl (C=O) groups is 3. The summed E-state index contributed by atoms with van der Waals surface area (Å²) in [6.45, 7) is 9.21. The van der Waals surface area contributed by atoms with Gasteiger partial charge >= 0.3 is 11.9 Å². The van der Waals surface area contributed by atoms with Gasteiger partial charge in [0.1, 0.15) is 12.4 Å². The van der Waals surface area contributed by atoms with E-state index in [-0.39, 0.29) is 41.7 Å². The fourth-order valence-corrected chi connectivity index (χ4v) is 4.91. The Bertz CT molecular complexity index is 1090. The Morgan fingerprint density at radius 1 is 1.00 bits per heavy atom. The van der Waals surface area contributed by atoms with Gasteiger partial charge in [0.25, 0.3) is 5.91 Å². The number of amides is 1. The summed E-state index contributed by atoms with van der Waals surface area (Å²) in [7, 11) is 1.52. The lowest BCUT2D eigenvalue weighted by molar-refractivity contribution is -0.942. The Morgan fingerprint density at radius 3 is 2.22 bits per heavy atom. The van der Waals surface area contributed by atoms with Gasteiger partial charge < -0.3 is 24.0 Å². The first-order valence-electron chi connectivity index (χ1n) is 12.5. The number of hydrogen-bond acceptors (Lipinski definition) is 6. The smallest absolute Gasteiger partial charge is 0.362 e. The van der Waals surface area contributed by atoms with Crippen molar-refractivity contribution >= 4 is 23.5 Å². The summed E-state index contributed by atoms with van der Waals surface area (Å²) in [6, 6.07) is 12.9. The normalized spacial score (nSPS) is 14.0. The van der Waals surface area contributed by atoms with Crippen LogP contribution in [0.15, 0.2) is 42.5 Å². The van der Waals surface area contributed by atoms with Crippen LogP contribution in [-0.4, -0.2) is 61.2 Å². The topological polar surface area (TPSA) is 90.9 Å². The summed E-state index contributed by atoms with van der Waals surface area (Å²) in [5, 5.41) is 3.01. The molecule has 0 radical (unpaired) electrons. The van der Waals surface area contributed by atoms with Crippen LogP contribution < -0.4 is 10.1 Å². The van der Waals surface area contributed by atoms with Gasteiger partial charge in [-0.1, -0.05) is 30.3 Å². The number of quaternary nitrogens is 1. The number of aryl methyl sites for hydroxylation is 1. The van der Waals surface area contributed by atoms with Crippen LogP contribution in [0.3, 0.4) is 0 Å². The minimum absolute atomic E-state index is 0.0968. The van der Waals surface area contributed by atoms with Crippen LogP contribution in [-0.2, 0) is 25.7 Å². The lowest BCUT2D eigenvalue weighted by Crippen LogP contribution is -2.64. The molecule has 194 valence electrons. The number of methoxy groups -OCH3 is 1. The molecule has 2 aromatic carbocycles. The molecule has 8 nitrogen and oxygen atoms in total. The SMILES string of the molecule is CCOC(=O)c1cc(OC)cc(C)c1NC(=O)C1([N+](CC)(CC)CC(=O)OCc2ccccc2)CC1. The number of anilines is 1. The van der Waals surface area contributed by atoms with Crippen molar-refractivity contribution in [1.29, 1.82) is 0 Å². The van der Waals surface area contributed by atoms with Gasteiger partial charge in [-0.3, -0.25) is 4.79 Å². The van der Waals surface area contributed by atoms with Gasteiger partial charge in [-0.2, -0.15) is 0 Å². The predicted octanol–water partition coefficient (Wildman–Crippen LogP) is 4.25. The number of benzene rings is 2. The molecule has 1 N–H and O–H groups in total. The van der Waals surface area contributed by atoms with Crippen molar-refractivity contribution < 1.29 is 33.1 Å². The molecule has 1 amide bonds. The molecular weight excluding hydrogens is 460 g/mol. The van der Waals surface area contributed by atoms with Gasteiger partial charge in [-0.15, -0.1) is 0 Å². The van der Waals surface area contributed by atoms with Gasteiger partial charge in [0.15, 0.2) is 12.1 Å². The highest BCUT2D eigenvalue weighted by atomic mass is 16.5. The van der Waals surface area contributed by atoms with Crippen LogP contribution in [0, 0.1) is 6.92 Å². The lowest BCUT2D eigenvalue weighted by atomic mass is 10.0. The van der Waals surface area contributed by atoms with Crippen LogP contribution in [0.4, 0.5) is 5.69 Å². The number of esters is 2. The van der Waals surface area contributed by atoms with E-state index in [4.69, 9.17) is 14.2 Å². The molecule has 1 saturated carbocycles. The quantitative estimate of drug-likeness (QED) is 0.348. The highest BCUT2D eigenvalue weighted by Gasteiger charge is 2.65. The van der Waals surface area contributed by atoms with Crippen molar-refractivity contribution in [2.75, 3.05) is 38.7 Å². The number of likely N-dealkylation sites (N-methyl/N-ethyl adjacent to an activating group) is 1. The van der Waals surface area contributed by atoms with E-state index in [1.165, 1.54) is 7.11 Å². The monoisotopic (exact) mass is 497 g/mol. The second-order valence-electron chi connectivity index (χ2n) is 9.16. The standard InChI is InChI=1S/C28H36N2O6/c1-6-30(7-2,18-24(31)36-19-21-12-10-9-11-13-21)28(14-15-28)27(33)29-25-20(4)16-22(34-5)17-23(25)26(32)35-8-3/h9-13,16-17H,6-8,14-15,18-19H2,1-5H3/p+1. The third-order valence-corrected chi connectivity index (χ3v) is 7.22. The Kier molecular flexibility index (Phi) is 8.74. The maximum atomic E-state index is 13.8. The molecule has 0 bridgehead atoms. The van der Waals surface area contributed by atoms with E-state index in [0.29, 0.717) is 42.9 Å². The van der Waals surface area contributed by atoms with Crippen LogP contribution >= 0.6 is 0 Å². The molecule has 2 aromatic rings. The maximum absolute atomic E-state index is 13.8. The van der Waals surface area contributed by atoms with E-state index in [9.17, 15) is 14.4 Å². The molecule has 36 heavy (non-hydrogen) atoms. The van der Waals surface area contributed by atoms with E-state index in [1.807, 2.05) is 51.1 Å². The number of nitrogens with zero attached hydrogens (tertiary/aromatic N) is 1. The molecule has 0 unspecified atom stereocenters. The van der Waals surface area contributed by atoms with Crippen molar-refractivity contribution in [3.05, 3.63) is 59.2 Å². The Labute approximate surface area is 213 Å². The highest BCUT2D eigenvalue weighted by Crippen LogP contribution is 2.48. The van der Waals surface area contributed by atoms with Crippen LogP contribution in [0.1, 0.15) is 55.1 Å². The lowest BCUT2D eigenvalue weighted by Gasteiger charge is -2.42. The Morgan fingerprint density at radius 2 is 1.67 bits per heavy atom. The number of ether oxygens (including phenoxy) is 3. The van der Waals surface area contributed by atoms with Gasteiger partial charge in [0.05, 0.1) is 38.1 Å². The molecule has 0 atom stereocenters. The summed E-state index contributed by atoms with van der Waals surface area (Å²) in [5.41, 5.74) is 1.48. The summed E-state index contributed by atoms with van der Waals surface area (Å²) in [6.07, 6.45) is 1.30. The Balaban J connectivity index is 1.83. The molecule has 3 rings (SSSR count). The zero-order chi connectivity index (χ0) is 26.3. The largest absolute Gasteiger partial charge is 0.497 e. The van der Waals surface area contributed by atoms with Crippen LogP contribution in [0.5, 0.6) is 5.75 Å². The van der Waals surface area contributed by atoms with Gasteiger partial charge in [0, 0.05) is 12.8 Å². The second kappa shape index (κ2) is 11.6. The summed E-state index contributed by atoms with van der Waals surface area (Å²) in [4.78, 5) is 39.4. The molecule has 0 aliphatic heterocycles. The molecule has 0 saturated heterocycles. The average molecular weight is 498 g/mol. The first-order valence-corrected chi connectivity index (χ1v) is 12.5. The molecular formula is C28H37N2O6+. The fraction of sp³-hybridized carbons (Fsp3) is 0.464. The first-order chi connectivity index (χ1) is 17.3. The highest BCUT2D eigenvalue weighted by molar-refractivity contribution is 6.06. The number of rotatable bonds is 12. The van der Waals surface area contributed by atoms with Crippen molar-refractivity contribution in [3.8, 4) is 5.75 Å². The summed E-state index contributed by atoms with van der Waals surface area (Å²) in [5.74, 6) is -0.575. The molecule has 8 heteroatoms. The molecule has 1 aliphatic carbocycles. The average Bonchev–Trinajstić information content (AvgIpc) is 3.70. The van der Waals surface area contributed by atoms with E-state index in [1.54, 1.807) is 19.1 Å². The zero-order valence-electron chi connectivity index (χ0n) is 21.9. The summed E-state index contributed by atoms with van der Waals surface area (Å²) < 4.78 is 16.4. The van der Waals surface area contributed by atoms with E-state index in [0.717, 1.165) is 5.56 Å². The van der Waals surface area contributed by atoms with E-state index < -0.39 is 11.5 Å². The molecule has 1 aliphatic rings. The zero-order valence-corrected chi connectivity index (χ0v) is 21.9. The summed E-state index contributed by atoms with van der Waals surface area (Å²) >= 11 is 0. The minimum Gasteiger partial charge on any atom is -0.497 e. The molecule has 0 spiro atoms. The maximum Gasteiger partial charge on any atom is 0.362 e. The number of hydrogen-bond donors (Lipinski definition) is 1. The number of nitrogens with one attached hydrogen (secondary N) is 1. The van der Waals surface area contributed by atoms with Gasteiger partial charge in [-0.05, 0) is 51.0 Å². The van der Waals surface area contributed by atoms with Gasteiger partial charge in [-0.25, -0.2) is 9.59 Å². The van der Waals surface area contributed by atoms with Crippen molar-refractivity contribution in [2.45, 2.75) is 52.7 Å². The van der Waals surface area contributed by atoms with E-state index >= 15 is 0 Å². The Hall–Kier alpha value is -3.39. The van der Waals surface area contributed by atoms with Crippen molar-refractivity contribution in [3.63, 3.8) is 0 Å². The van der Waals surface area contributed by atoms with Crippen molar-refractivity contribution in [2.24, 2.45) is 0 Å². The third kappa shape index (κ3) is 5.54. The van der Waals surface area contributed by atoms with Crippen LogP contribution in [0.2, 0.25) is 0 Å². The molecule has 1 fully saturated rings. The predicted molar refractivity (Wildman–Crippen MR) is 137 cm³/mol. The molecule has 0 aromatic heterocycles. The second-order valence-corrected chi connectivity index (χ2v) is 9.16.